The zero-order valence-corrected chi connectivity index (χ0v) is 11.5. The van der Waals surface area contributed by atoms with Crippen molar-refractivity contribution in [2.45, 2.75) is 13.0 Å². The smallest absolute Gasteiger partial charge is 0.330 e. The van der Waals surface area contributed by atoms with Crippen LogP contribution in [0.1, 0.15) is 5.56 Å². The van der Waals surface area contributed by atoms with Crippen molar-refractivity contribution in [2.75, 3.05) is 18.2 Å². The third kappa shape index (κ3) is 3.97. The molecule has 1 amide bonds. The Morgan fingerprint density at radius 2 is 2.26 bits per heavy atom. The molecule has 0 spiro atoms. The molecule has 0 saturated carbocycles. The molecule has 0 radical (unpaired) electrons. The van der Waals surface area contributed by atoms with Gasteiger partial charge in [-0.1, -0.05) is 18.2 Å². The summed E-state index contributed by atoms with van der Waals surface area (Å²) in [4.78, 5) is 23.3. The van der Waals surface area contributed by atoms with E-state index in [2.05, 4.69) is 10.6 Å². The molecule has 1 aliphatic rings. The molecule has 1 unspecified atom stereocenters. The topological polar surface area (TPSA) is 67.4 Å². The maximum absolute atomic E-state index is 11.7. The van der Waals surface area contributed by atoms with E-state index in [1.54, 1.807) is 23.9 Å². The van der Waals surface area contributed by atoms with Gasteiger partial charge in [-0.05, 0) is 18.6 Å². The van der Waals surface area contributed by atoms with Crippen LogP contribution in [0.25, 0.3) is 0 Å². The van der Waals surface area contributed by atoms with E-state index in [1.165, 1.54) is 0 Å². The van der Waals surface area contributed by atoms with E-state index in [0.717, 1.165) is 17.2 Å². The summed E-state index contributed by atoms with van der Waals surface area (Å²) in [6, 6.07) is 7.05. The number of carbonyl (C=O) groups is 2. The Hall–Kier alpha value is -1.53. The van der Waals surface area contributed by atoms with Gasteiger partial charge in [-0.25, -0.2) is 4.79 Å². The minimum absolute atomic E-state index is 0.115. The number of amides is 1. The van der Waals surface area contributed by atoms with Crippen LogP contribution >= 0.6 is 11.8 Å². The van der Waals surface area contributed by atoms with E-state index < -0.39 is 5.97 Å². The van der Waals surface area contributed by atoms with Gasteiger partial charge in [-0.3, -0.25) is 10.1 Å². The van der Waals surface area contributed by atoms with Crippen LogP contribution in [-0.4, -0.2) is 36.1 Å². The van der Waals surface area contributed by atoms with E-state index in [-0.39, 0.29) is 18.5 Å². The summed E-state index contributed by atoms with van der Waals surface area (Å²) >= 11 is 1.66. The van der Waals surface area contributed by atoms with Crippen molar-refractivity contribution in [3.63, 3.8) is 0 Å². The largest absolute Gasteiger partial charge is 0.425 e. The lowest BCUT2D eigenvalue weighted by atomic mass is 10.2. The number of carbonyl (C=O) groups excluding carboxylic acids is 2. The summed E-state index contributed by atoms with van der Waals surface area (Å²) in [5.74, 6) is 1.40. The molecule has 0 bridgehead atoms. The fourth-order valence-corrected chi connectivity index (χ4v) is 2.62. The number of hydrogen-bond donors (Lipinski definition) is 2. The molecular formula is C13H16N2O3S. The fourth-order valence-electron chi connectivity index (χ4n) is 1.68. The summed E-state index contributed by atoms with van der Waals surface area (Å²) in [6.07, 6.45) is 0. The maximum Gasteiger partial charge on any atom is 0.330 e. The molecule has 19 heavy (non-hydrogen) atoms. The third-order valence-electron chi connectivity index (χ3n) is 2.76. The van der Waals surface area contributed by atoms with Crippen molar-refractivity contribution in [2.24, 2.45) is 0 Å². The Labute approximate surface area is 116 Å². The van der Waals surface area contributed by atoms with E-state index >= 15 is 0 Å². The molecule has 1 fully saturated rings. The molecule has 2 N–H and O–H groups in total. The predicted octanol–water partition coefficient (Wildman–Crippen LogP) is 0.679. The van der Waals surface area contributed by atoms with Gasteiger partial charge in [0.05, 0.1) is 6.04 Å². The highest BCUT2D eigenvalue weighted by atomic mass is 32.2. The average Bonchev–Trinajstić information content (AvgIpc) is 2.93. The monoisotopic (exact) mass is 280 g/mol. The van der Waals surface area contributed by atoms with Crippen LogP contribution in [0.3, 0.4) is 0 Å². The van der Waals surface area contributed by atoms with Crippen molar-refractivity contribution in [3.05, 3.63) is 29.8 Å². The third-order valence-corrected chi connectivity index (χ3v) is 3.70. The second-order valence-electron chi connectivity index (χ2n) is 4.23. The lowest BCUT2D eigenvalue weighted by molar-refractivity contribution is -0.135. The number of para-hydroxylation sites is 1. The Morgan fingerprint density at radius 1 is 1.47 bits per heavy atom. The first-order valence-corrected chi connectivity index (χ1v) is 7.17. The van der Waals surface area contributed by atoms with Gasteiger partial charge in [-0.15, -0.1) is 11.8 Å². The molecule has 1 aliphatic heterocycles. The van der Waals surface area contributed by atoms with Crippen molar-refractivity contribution in [1.29, 1.82) is 0 Å². The second kappa shape index (κ2) is 6.58. The molecule has 1 aromatic rings. The summed E-state index contributed by atoms with van der Waals surface area (Å²) < 4.78 is 5.18. The van der Waals surface area contributed by atoms with Crippen LogP contribution in [0, 0.1) is 6.92 Å². The van der Waals surface area contributed by atoms with Crippen molar-refractivity contribution >= 4 is 23.6 Å². The highest BCUT2D eigenvalue weighted by Gasteiger charge is 2.22. The van der Waals surface area contributed by atoms with Crippen LogP contribution in [0.2, 0.25) is 0 Å². The van der Waals surface area contributed by atoms with Crippen LogP contribution in [0.4, 0.5) is 0 Å². The minimum Gasteiger partial charge on any atom is -0.425 e. The minimum atomic E-state index is -0.465. The normalized spacial score (nSPS) is 18.1. The number of benzene rings is 1. The van der Waals surface area contributed by atoms with E-state index in [9.17, 15) is 9.59 Å². The summed E-state index contributed by atoms with van der Waals surface area (Å²) in [6.45, 7) is 1.75. The molecule has 1 aromatic carbocycles. The Kier molecular flexibility index (Phi) is 4.81. The molecule has 2 rings (SSSR count). The Morgan fingerprint density at radius 3 is 2.95 bits per heavy atom. The van der Waals surface area contributed by atoms with Crippen molar-refractivity contribution in [1.82, 2.24) is 10.6 Å². The number of hydrogen-bond acceptors (Lipinski definition) is 5. The SMILES string of the molecule is Cc1ccccc1OC(=O)CNC(=O)C1CSCN1. The average molecular weight is 280 g/mol. The highest BCUT2D eigenvalue weighted by molar-refractivity contribution is 7.99. The number of nitrogens with one attached hydrogen (secondary N) is 2. The van der Waals surface area contributed by atoms with Gasteiger partial charge < -0.3 is 10.1 Å². The van der Waals surface area contributed by atoms with Gasteiger partial charge in [0.2, 0.25) is 5.91 Å². The van der Waals surface area contributed by atoms with E-state index in [1.807, 2.05) is 19.1 Å². The molecule has 0 aromatic heterocycles. The highest BCUT2D eigenvalue weighted by Crippen LogP contribution is 2.16. The fraction of sp³-hybridized carbons (Fsp3) is 0.385. The Balaban J connectivity index is 1.78. The zero-order chi connectivity index (χ0) is 13.7. The van der Waals surface area contributed by atoms with Crippen molar-refractivity contribution in [3.8, 4) is 5.75 Å². The number of thioether (sulfide) groups is 1. The molecule has 6 heteroatoms. The van der Waals surface area contributed by atoms with Crippen LogP contribution in [-0.2, 0) is 9.59 Å². The van der Waals surface area contributed by atoms with E-state index in [4.69, 9.17) is 4.74 Å². The first kappa shape index (κ1) is 13.9. The van der Waals surface area contributed by atoms with Crippen LogP contribution in [0.5, 0.6) is 5.75 Å². The predicted molar refractivity (Wildman–Crippen MR) is 74.1 cm³/mol. The second-order valence-corrected chi connectivity index (χ2v) is 5.26. The molecule has 102 valence electrons. The van der Waals surface area contributed by atoms with E-state index in [0.29, 0.717) is 5.75 Å². The lowest BCUT2D eigenvalue weighted by Crippen LogP contribution is -2.44. The van der Waals surface area contributed by atoms with Gasteiger partial charge >= 0.3 is 5.97 Å². The first-order chi connectivity index (χ1) is 9.16. The molecule has 1 saturated heterocycles. The molecular weight excluding hydrogens is 264 g/mol. The van der Waals surface area contributed by atoms with Gasteiger partial charge in [0.15, 0.2) is 0 Å². The van der Waals surface area contributed by atoms with Gasteiger partial charge in [0, 0.05) is 11.6 Å². The van der Waals surface area contributed by atoms with Gasteiger partial charge in [-0.2, -0.15) is 0 Å². The number of ether oxygens (including phenoxy) is 1. The van der Waals surface area contributed by atoms with Crippen molar-refractivity contribution < 1.29 is 14.3 Å². The maximum atomic E-state index is 11.7. The molecule has 1 atom stereocenters. The Bertz CT molecular complexity index is 473. The summed E-state index contributed by atoms with van der Waals surface area (Å²) in [5, 5.41) is 5.61. The summed E-state index contributed by atoms with van der Waals surface area (Å²) in [5.41, 5.74) is 0.885. The lowest BCUT2D eigenvalue weighted by Gasteiger charge is -2.10. The zero-order valence-electron chi connectivity index (χ0n) is 10.6. The van der Waals surface area contributed by atoms with Crippen LogP contribution in [0.15, 0.2) is 24.3 Å². The standard InChI is InChI=1S/C13H16N2O3S/c1-9-4-2-3-5-11(9)18-12(16)6-14-13(17)10-7-19-8-15-10/h2-5,10,15H,6-8H2,1H3,(H,14,17). The van der Waals surface area contributed by atoms with Gasteiger partial charge in [0.1, 0.15) is 12.3 Å². The first-order valence-electron chi connectivity index (χ1n) is 6.02. The van der Waals surface area contributed by atoms with Gasteiger partial charge in [0.25, 0.3) is 0 Å². The summed E-state index contributed by atoms with van der Waals surface area (Å²) in [7, 11) is 0. The number of aryl methyl sites for hydroxylation is 1. The number of rotatable bonds is 4. The molecule has 1 heterocycles. The molecule has 0 aliphatic carbocycles. The van der Waals surface area contributed by atoms with Crippen LogP contribution < -0.4 is 15.4 Å². The number of esters is 1. The molecule has 5 nitrogen and oxygen atoms in total. The quantitative estimate of drug-likeness (QED) is 0.627.